The number of ether oxygens (including phenoxy) is 1. The highest BCUT2D eigenvalue weighted by Gasteiger charge is 2.94. The van der Waals surface area contributed by atoms with Crippen LogP contribution in [0.3, 0.4) is 0 Å². The molecule has 2 heterocycles. The maximum Gasteiger partial charge on any atom is 0.481 e. The molecule has 0 radical (unpaired) electrons. The highest BCUT2D eigenvalue weighted by molar-refractivity contribution is 6.47. The summed E-state index contributed by atoms with van der Waals surface area (Å²) in [6.45, 7) is 8.72. The summed E-state index contributed by atoms with van der Waals surface area (Å²) in [5.74, 6) is 4.99. The summed E-state index contributed by atoms with van der Waals surface area (Å²) in [6.07, 6.45) is 11.4. The van der Waals surface area contributed by atoms with Crippen molar-refractivity contribution in [2.45, 2.75) is 121 Å². The summed E-state index contributed by atoms with van der Waals surface area (Å²) in [5, 5.41) is 3.18. The Morgan fingerprint density at radius 3 is 2.38 bits per heavy atom. The number of hydrogen-bond donors (Lipinski definition) is 1. The molecule has 3 unspecified atom stereocenters. The van der Waals surface area contributed by atoms with Gasteiger partial charge >= 0.3 is 13.2 Å². The molecule has 2 saturated heterocycles. The number of carbonyl (C=O) groups excluding carboxylic acids is 2. The van der Waals surface area contributed by atoms with Crippen LogP contribution < -0.4 is 5.32 Å². The van der Waals surface area contributed by atoms with E-state index in [1.165, 1.54) is 32.1 Å². The summed E-state index contributed by atoms with van der Waals surface area (Å²) in [7, 11) is -0.348. The van der Waals surface area contributed by atoms with Crippen LogP contribution in [0, 0.1) is 52.3 Å². The quantitative estimate of drug-likeness (QED) is 0.533. The molecule has 4 bridgehead atoms. The standard InChI is InChI=1S/C31H45BN2O5/c1-28(2,3)37-27(36)33-25(30-13-16-8-17(14-30)10-18(9-16)15-30)26(35)34-7-5-6-22(34)32-38-23-20-11-19-12-21-29(4,39-32)24(23)31(19,20)21/h16-25H,5-15H2,1-4H3,(H,33,36)/t16?,17?,18?,19-,20?,21-,22+,23-,24?,25-,29+,30?,31?/m1/s1. The summed E-state index contributed by atoms with van der Waals surface area (Å²) in [6, 6.07) is -0.535. The van der Waals surface area contributed by atoms with Crippen molar-refractivity contribution < 1.29 is 23.6 Å². The molecule has 10 rings (SSSR count). The monoisotopic (exact) mass is 536 g/mol. The normalized spacial score (nSPS) is 53.9. The molecule has 212 valence electrons. The van der Waals surface area contributed by atoms with Gasteiger partial charge in [0.05, 0.1) is 17.6 Å². The molecule has 2 aliphatic heterocycles. The number of nitrogens with one attached hydrogen (secondary N) is 1. The van der Waals surface area contributed by atoms with Gasteiger partial charge in [0.25, 0.3) is 0 Å². The molecule has 7 nitrogen and oxygen atoms in total. The molecule has 1 spiro atoms. The number of carbonyl (C=O) groups is 2. The van der Waals surface area contributed by atoms with Gasteiger partial charge in [-0.05, 0) is 133 Å². The van der Waals surface area contributed by atoms with Crippen molar-refractivity contribution in [1.29, 1.82) is 0 Å². The topological polar surface area (TPSA) is 77.1 Å². The van der Waals surface area contributed by atoms with Crippen LogP contribution in [0.1, 0.15) is 91.9 Å². The van der Waals surface area contributed by atoms with Gasteiger partial charge in [-0.2, -0.15) is 0 Å². The van der Waals surface area contributed by atoms with Crippen LogP contribution in [0.2, 0.25) is 0 Å². The number of amides is 2. The molecule has 8 heteroatoms. The fourth-order valence-electron chi connectivity index (χ4n) is 13.1. The summed E-state index contributed by atoms with van der Waals surface area (Å²) in [5.41, 5.74) is -0.271. The van der Waals surface area contributed by atoms with E-state index >= 15 is 0 Å². The van der Waals surface area contributed by atoms with Crippen molar-refractivity contribution in [2.24, 2.45) is 52.3 Å². The molecular formula is C31H45BN2O5. The lowest BCUT2D eigenvalue weighted by molar-refractivity contribution is -0.498. The van der Waals surface area contributed by atoms with Gasteiger partial charge in [-0.25, -0.2) is 4.79 Å². The molecule has 0 aromatic rings. The zero-order chi connectivity index (χ0) is 26.7. The van der Waals surface area contributed by atoms with Crippen LogP contribution in [0.25, 0.3) is 0 Å². The smallest absolute Gasteiger partial charge is 0.444 e. The van der Waals surface area contributed by atoms with Gasteiger partial charge in [0.2, 0.25) is 5.91 Å². The van der Waals surface area contributed by atoms with Crippen LogP contribution in [0.15, 0.2) is 0 Å². The Labute approximate surface area is 233 Å². The maximum atomic E-state index is 14.7. The van der Waals surface area contributed by atoms with Gasteiger partial charge in [-0.15, -0.1) is 0 Å². The number of nitrogens with zero attached hydrogens (tertiary/aromatic N) is 1. The molecule has 0 aromatic heterocycles. The van der Waals surface area contributed by atoms with Crippen molar-refractivity contribution >= 4 is 19.1 Å². The Morgan fingerprint density at radius 2 is 1.74 bits per heavy atom. The van der Waals surface area contributed by atoms with Crippen molar-refractivity contribution in [3.8, 4) is 0 Å². The van der Waals surface area contributed by atoms with Gasteiger partial charge in [0.15, 0.2) is 0 Å². The lowest BCUT2D eigenvalue weighted by atomic mass is 9.13. The zero-order valence-electron chi connectivity index (χ0n) is 24.1. The molecular weight excluding hydrogens is 491 g/mol. The van der Waals surface area contributed by atoms with Gasteiger partial charge < -0.3 is 24.3 Å². The van der Waals surface area contributed by atoms with E-state index in [9.17, 15) is 9.59 Å². The van der Waals surface area contributed by atoms with Crippen molar-refractivity contribution in [2.75, 3.05) is 6.54 Å². The lowest BCUT2D eigenvalue weighted by Crippen LogP contribution is -2.97. The second-order valence-corrected chi connectivity index (χ2v) is 16.7. The minimum absolute atomic E-state index is 0.0707. The average molecular weight is 537 g/mol. The molecule has 9 atom stereocenters. The maximum absolute atomic E-state index is 14.7. The number of fused-ring (bicyclic) bond motifs is 2. The van der Waals surface area contributed by atoms with E-state index in [-0.39, 0.29) is 30.0 Å². The van der Waals surface area contributed by atoms with E-state index in [4.69, 9.17) is 14.0 Å². The Morgan fingerprint density at radius 1 is 1.05 bits per heavy atom. The van der Waals surface area contributed by atoms with E-state index in [0.717, 1.165) is 50.5 Å². The molecule has 8 aliphatic carbocycles. The summed E-state index contributed by atoms with van der Waals surface area (Å²) >= 11 is 0. The largest absolute Gasteiger partial charge is 0.481 e. The number of hydrogen-bond acceptors (Lipinski definition) is 5. The van der Waals surface area contributed by atoms with E-state index < -0.39 is 17.7 Å². The van der Waals surface area contributed by atoms with Crippen molar-refractivity contribution in [3.63, 3.8) is 0 Å². The molecule has 1 N–H and O–H groups in total. The van der Waals surface area contributed by atoms with E-state index in [1.807, 2.05) is 20.8 Å². The highest BCUT2D eigenvalue weighted by Crippen LogP contribution is 2.92. The predicted molar refractivity (Wildman–Crippen MR) is 144 cm³/mol. The summed E-state index contributed by atoms with van der Waals surface area (Å²) < 4.78 is 19.4. The number of likely N-dealkylation sites (tertiary alicyclic amines) is 1. The summed E-state index contributed by atoms with van der Waals surface area (Å²) in [4.78, 5) is 30.0. The first kappa shape index (κ1) is 24.3. The Hall–Kier alpha value is -1.28. The van der Waals surface area contributed by atoms with Crippen LogP contribution >= 0.6 is 0 Å². The van der Waals surface area contributed by atoms with E-state index in [0.29, 0.717) is 41.1 Å². The third-order valence-corrected chi connectivity index (χ3v) is 13.7. The highest BCUT2D eigenvalue weighted by atomic mass is 16.6. The van der Waals surface area contributed by atoms with Crippen LogP contribution in [0.5, 0.6) is 0 Å². The Balaban J connectivity index is 0.998. The third kappa shape index (κ3) is 2.89. The first-order valence-corrected chi connectivity index (χ1v) is 16.1. The Kier molecular flexibility index (Phi) is 4.60. The number of rotatable bonds is 4. The van der Waals surface area contributed by atoms with Crippen molar-refractivity contribution in [1.82, 2.24) is 10.2 Å². The van der Waals surface area contributed by atoms with Crippen molar-refractivity contribution in [3.05, 3.63) is 0 Å². The van der Waals surface area contributed by atoms with Crippen LogP contribution in [0.4, 0.5) is 4.79 Å². The average Bonchev–Trinajstić information content (AvgIpc) is 3.29. The predicted octanol–water partition coefficient (Wildman–Crippen LogP) is 4.57. The van der Waals surface area contributed by atoms with Crippen LogP contribution in [-0.2, 0) is 18.8 Å². The fraction of sp³-hybridized carbons (Fsp3) is 0.935. The van der Waals surface area contributed by atoms with Gasteiger partial charge in [0, 0.05) is 17.9 Å². The first-order chi connectivity index (χ1) is 18.5. The SMILES string of the molecule is CC(C)(C)OC(=O)N[C@H](C(=O)N1CCC[C@H]1B1O[C@@H]2C3C[C@@H]4C[C@H]5C34C2[C@@]5(C)O1)C12CC3CC(CC(C3)C1)C2. The molecule has 39 heavy (non-hydrogen) atoms. The molecule has 8 saturated carbocycles. The number of alkyl carbamates (subject to hydrolysis) is 1. The lowest BCUT2D eigenvalue weighted by Gasteiger charge is -2.94. The minimum atomic E-state index is -0.603. The van der Waals surface area contributed by atoms with Gasteiger partial charge in [-0.1, -0.05) is 0 Å². The zero-order valence-corrected chi connectivity index (χ0v) is 24.1. The molecule has 0 aromatic carbocycles. The third-order valence-electron chi connectivity index (χ3n) is 13.7. The Bertz CT molecular complexity index is 1100. The second kappa shape index (κ2) is 7.37. The second-order valence-electron chi connectivity index (χ2n) is 16.7. The van der Waals surface area contributed by atoms with Gasteiger partial charge in [-0.3, -0.25) is 4.79 Å². The first-order valence-electron chi connectivity index (χ1n) is 16.1. The van der Waals surface area contributed by atoms with E-state index in [1.54, 1.807) is 0 Å². The fourth-order valence-corrected chi connectivity index (χ4v) is 13.1. The molecule has 2 amide bonds. The molecule has 10 aliphatic rings. The van der Waals surface area contributed by atoms with Gasteiger partial charge in [0.1, 0.15) is 11.6 Å². The molecule has 10 fully saturated rings. The minimum Gasteiger partial charge on any atom is -0.444 e. The van der Waals surface area contributed by atoms with E-state index in [2.05, 4.69) is 17.1 Å². The van der Waals surface area contributed by atoms with Crippen LogP contribution in [-0.4, -0.2) is 59.9 Å².